The molecule has 0 radical (unpaired) electrons. The molecule has 0 aliphatic heterocycles. The second kappa shape index (κ2) is 14.1. The highest BCUT2D eigenvalue weighted by Crippen LogP contribution is 2.49. The van der Waals surface area contributed by atoms with E-state index in [2.05, 4.69) is 164 Å². The van der Waals surface area contributed by atoms with Crippen molar-refractivity contribution in [2.45, 2.75) is 19.3 Å². The Hall–Kier alpha value is -7.30. The molecule has 57 heavy (non-hydrogen) atoms. The Bertz CT molecular complexity index is 2920. The Morgan fingerprint density at radius 3 is 1.37 bits per heavy atom. The summed E-state index contributed by atoms with van der Waals surface area (Å²) in [5, 5.41) is 0. The number of aromatic nitrogens is 4. The number of rotatable bonds is 7. The Morgan fingerprint density at radius 2 is 0.754 bits per heavy atom. The van der Waals surface area contributed by atoms with Crippen molar-refractivity contribution >= 4 is 0 Å². The average molecular weight is 731 g/mol. The molecule has 0 saturated heterocycles. The third-order valence-corrected chi connectivity index (χ3v) is 11.2. The number of benzene rings is 7. The summed E-state index contributed by atoms with van der Waals surface area (Å²) in [6.07, 6.45) is 3.66. The van der Waals surface area contributed by atoms with Crippen LogP contribution in [0, 0.1) is 0 Å². The maximum Gasteiger partial charge on any atom is 0.164 e. The fourth-order valence-corrected chi connectivity index (χ4v) is 8.17. The van der Waals surface area contributed by atoms with Crippen molar-refractivity contribution in [3.63, 3.8) is 0 Å². The van der Waals surface area contributed by atoms with Gasteiger partial charge in [0.25, 0.3) is 0 Å². The van der Waals surface area contributed by atoms with Crippen LogP contribution in [0.25, 0.3) is 89.8 Å². The van der Waals surface area contributed by atoms with Crippen molar-refractivity contribution in [2.75, 3.05) is 0 Å². The van der Waals surface area contributed by atoms with Crippen LogP contribution in [0.15, 0.2) is 194 Å². The second-order valence-electron chi connectivity index (χ2n) is 15.2. The van der Waals surface area contributed by atoms with Gasteiger partial charge in [-0.3, -0.25) is 4.98 Å². The molecule has 0 bridgehead atoms. The van der Waals surface area contributed by atoms with Gasteiger partial charge in [0.05, 0.1) is 0 Å². The van der Waals surface area contributed by atoms with Crippen LogP contribution in [-0.2, 0) is 5.41 Å². The molecule has 0 unspecified atom stereocenters. The molecule has 270 valence electrons. The summed E-state index contributed by atoms with van der Waals surface area (Å²) in [5.41, 5.74) is 17.4. The molecule has 0 spiro atoms. The molecule has 1 aliphatic carbocycles. The fourth-order valence-electron chi connectivity index (χ4n) is 8.17. The summed E-state index contributed by atoms with van der Waals surface area (Å²) in [5.74, 6) is 1.89. The van der Waals surface area contributed by atoms with Crippen molar-refractivity contribution in [3.8, 4) is 89.8 Å². The Balaban J connectivity index is 0.981. The maximum atomic E-state index is 5.05. The van der Waals surface area contributed by atoms with Crippen molar-refractivity contribution < 1.29 is 0 Å². The minimum Gasteiger partial charge on any atom is -0.264 e. The SMILES string of the molecule is CC1(C)c2ccccc2-c2ccc(-c3cccc(-c4cccc(-c5cccc(-c6nc(-c7ccccc7)nc(-c7ccc(-c8cccnc8)cc7)n6)c5)c4)c3)cc21. The first-order valence-electron chi connectivity index (χ1n) is 19.4. The summed E-state index contributed by atoms with van der Waals surface area (Å²) >= 11 is 0. The van der Waals surface area contributed by atoms with Crippen LogP contribution in [0.4, 0.5) is 0 Å². The molecule has 1 aliphatic rings. The van der Waals surface area contributed by atoms with Gasteiger partial charge < -0.3 is 0 Å². The first kappa shape index (κ1) is 34.2. The highest BCUT2D eigenvalue weighted by Gasteiger charge is 2.35. The molecular formula is C53H38N4. The zero-order valence-electron chi connectivity index (χ0n) is 31.8. The predicted octanol–water partition coefficient (Wildman–Crippen LogP) is 13.2. The number of hydrogen-bond acceptors (Lipinski definition) is 4. The smallest absolute Gasteiger partial charge is 0.164 e. The zero-order valence-corrected chi connectivity index (χ0v) is 31.8. The van der Waals surface area contributed by atoms with E-state index in [0.717, 1.165) is 44.5 Å². The van der Waals surface area contributed by atoms with Gasteiger partial charge in [-0.15, -0.1) is 0 Å². The topological polar surface area (TPSA) is 51.6 Å². The molecule has 2 aromatic heterocycles. The Kier molecular flexibility index (Phi) is 8.45. The van der Waals surface area contributed by atoms with Gasteiger partial charge in [0.2, 0.25) is 0 Å². The van der Waals surface area contributed by atoms with Crippen molar-refractivity contribution in [1.29, 1.82) is 0 Å². The van der Waals surface area contributed by atoms with Gasteiger partial charge in [0, 0.05) is 34.5 Å². The molecule has 0 fully saturated rings. The van der Waals surface area contributed by atoms with Crippen LogP contribution in [-0.4, -0.2) is 19.9 Å². The fraction of sp³-hybridized carbons (Fsp3) is 0.0566. The van der Waals surface area contributed by atoms with Crippen LogP contribution in [0.5, 0.6) is 0 Å². The minimum atomic E-state index is -0.0410. The van der Waals surface area contributed by atoms with Gasteiger partial charge in [-0.2, -0.15) is 0 Å². The molecule has 2 heterocycles. The molecular weight excluding hydrogens is 693 g/mol. The predicted molar refractivity (Wildman–Crippen MR) is 233 cm³/mol. The molecule has 0 N–H and O–H groups in total. The van der Waals surface area contributed by atoms with Crippen molar-refractivity contribution in [1.82, 2.24) is 19.9 Å². The van der Waals surface area contributed by atoms with Crippen molar-refractivity contribution in [2.24, 2.45) is 0 Å². The van der Waals surface area contributed by atoms with Crippen LogP contribution in [0.3, 0.4) is 0 Å². The van der Waals surface area contributed by atoms with Gasteiger partial charge >= 0.3 is 0 Å². The number of pyridine rings is 1. The van der Waals surface area contributed by atoms with E-state index >= 15 is 0 Å². The number of fused-ring (bicyclic) bond motifs is 3. The lowest BCUT2D eigenvalue weighted by Gasteiger charge is -2.22. The summed E-state index contributed by atoms with van der Waals surface area (Å²) in [6.45, 7) is 4.67. The van der Waals surface area contributed by atoms with Crippen LogP contribution < -0.4 is 0 Å². The minimum absolute atomic E-state index is 0.0410. The zero-order chi connectivity index (χ0) is 38.3. The molecule has 0 saturated carbocycles. The van der Waals surface area contributed by atoms with Gasteiger partial charge in [0.15, 0.2) is 17.5 Å². The first-order chi connectivity index (χ1) is 28.0. The van der Waals surface area contributed by atoms with E-state index in [1.54, 1.807) is 6.20 Å². The monoisotopic (exact) mass is 730 g/mol. The van der Waals surface area contributed by atoms with E-state index in [1.165, 1.54) is 38.9 Å². The van der Waals surface area contributed by atoms with Crippen LogP contribution in [0.1, 0.15) is 25.0 Å². The maximum absolute atomic E-state index is 5.05. The summed E-state index contributed by atoms with van der Waals surface area (Å²) < 4.78 is 0. The standard InChI is InChI=1S/C53H38N4/c1-53(2)48-22-7-6-21-46(48)47-28-27-43(33-49(47)53)41-17-9-15-39(31-41)38-14-8-16-40(30-38)42-18-10-19-44(32-42)52-56-50(36-12-4-3-5-13-36)55-51(57-52)37-25-23-35(24-26-37)45-20-11-29-54-34-45/h3-34H,1-2H3. The van der Waals surface area contributed by atoms with E-state index < -0.39 is 0 Å². The Labute approximate surface area is 333 Å². The van der Waals surface area contributed by atoms with E-state index in [4.69, 9.17) is 15.0 Å². The highest BCUT2D eigenvalue weighted by molar-refractivity contribution is 5.85. The van der Waals surface area contributed by atoms with E-state index in [0.29, 0.717) is 17.5 Å². The lowest BCUT2D eigenvalue weighted by Crippen LogP contribution is -2.14. The summed E-state index contributed by atoms with van der Waals surface area (Å²) in [6, 6.07) is 64.4. The lowest BCUT2D eigenvalue weighted by molar-refractivity contribution is 0.660. The number of hydrogen-bond donors (Lipinski definition) is 0. The molecule has 4 nitrogen and oxygen atoms in total. The molecule has 4 heteroatoms. The van der Waals surface area contributed by atoms with E-state index in [1.807, 2.05) is 42.6 Å². The van der Waals surface area contributed by atoms with Gasteiger partial charge in [-0.05, 0) is 97.1 Å². The quantitative estimate of drug-likeness (QED) is 0.164. The first-order valence-corrected chi connectivity index (χ1v) is 19.4. The van der Waals surface area contributed by atoms with E-state index in [9.17, 15) is 0 Å². The largest absolute Gasteiger partial charge is 0.264 e. The summed E-state index contributed by atoms with van der Waals surface area (Å²) in [7, 11) is 0. The van der Waals surface area contributed by atoms with Crippen LogP contribution >= 0.6 is 0 Å². The average Bonchev–Trinajstić information content (AvgIpc) is 3.52. The van der Waals surface area contributed by atoms with Gasteiger partial charge in [0.1, 0.15) is 0 Å². The third-order valence-electron chi connectivity index (χ3n) is 11.2. The van der Waals surface area contributed by atoms with Crippen LogP contribution in [0.2, 0.25) is 0 Å². The lowest BCUT2D eigenvalue weighted by atomic mass is 9.81. The van der Waals surface area contributed by atoms with Gasteiger partial charge in [-0.1, -0.05) is 166 Å². The molecule has 9 aromatic rings. The molecule has 7 aromatic carbocycles. The van der Waals surface area contributed by atoms with Crippen molar-refractivity contribution in [3.05, 3.63) is 206 Å². The van der Waals surface area contributed by atoms with Gasteiger partial charge in [-0.25, -0.2) is 15.0 Å². The van der Waals surface area contributed by atoms with E-state index in [-0.39, 0.29) is 5.41 Å². The normalized spacial score (nSPS) is 12.5. The molecule has 0 amide bonds. The third kappa shape index (κ3) is 6.41. The Morgan fingerprint density at radius 1 is 0.316 bits per heavy atom. The molecule has 10 rings (SSSR count). The summed E-state index contributed by atoms with van der Waals surface area (Å²) in [4.78, 5) is 19.3. The molecule has 0 atom stereocenters. The number of nitrogens with zero attached hydrogens (tertiary/aromatic N) is 4. The second-order valence-corrected chi connectivity index (χ2v) is 15.2. The highest BCUT2D eigenvalue weighted by atomic mass is 15.0.